The summed E-state index contributed by atoms with van der Waals surface area (Å²) in [6.07, 6.45) is 2.11. The monoisotopic (exact) mass is 400 g/mol. The van der Waals surface area contributed by atoms with E-state index in [4.69, 9.17) is 21.1 Å². The molecule has 1 fully saturated rings. The molecule has 0 aliphatic carbocycles. The van der Waals surface area contributed by atoms with Gasteiger partial charge in [0.15, 0.2) is 11.5 Å². The first-order valence-electron chi connectivity index (χ1n) is 9.79. The first-order chi connectivity index (χ1) is 13.6. The summed E-state index contributed by atoms with van der Waals surface area (Å²) in [6, 6.07) is 13.8. The van der Waals surface area contributed by atoms with E-state index in [1.807, 2.05) is 37.3 Å². The van der Waals surface area contributed by atoms with Crippen molar-refractivity contribution in [1.82, 2.24) is 10.2 Å². The Hall–Kier alpha value is -2.24. The van der Waals surface area contributed by atoms with E-state index in [0.29, 0.717) is 24.8 Å². The van der Waals surface area contributed by atoms with Crippen LogP contribution in [0.1, 0.15) is 43.0 Å². The van der Waals surface area contributed by atoms with Crippen LogP contribution in [0.5, 0.6) is 11.5 Å². The van der Waals surface area contributed by atoms with Gasteiger partial charge in [-0.1, -0.05) is 35.9 Å². The molecule has 0 aromatic heterocycles. The Morgan fingerprint density at radius 3 is 2.82 bits per heavy atom. The van der Waals surface area contributed by atoms with Crippen LogP contribution in [0.2, 0.25) is 5.02 Å². The Morgan fingerprint density at radius 2 is 2.00 bits per heavy atom. The third-order valence-corrected chi connectivity index (χ3v) is 5.75. The molecular formula is C22H25ClN2O3. The fourth-order valence-corrected chi connectivity index (χ4v) is 4.34. The normalized spacial score (nSPS) is 20.0. The van der Waals surface area contributed by atoms with Crippen LogP contribution in [0, 0.1) is 0 Å². The molecule has 0 unspecified atom stereocenters. The number of nitrogens with zero attached hydrogens (tertiary/aromatic N) is 1. The molecule has 2 atom stereocenters. The minimum absolute atomic E-state index is 0.0110. The Labute approximate surface area is 170 Å². The van der Waals surface area contributed by atoms with E-state index < -0.39 is 0 Å². The molecule has 1 amide bonds. The molecule has 148 valence electrons. The number of benzene rings is 2. The molecule has 2 aromatic rings. The zero-order valence-electron chi connectivity index (χ0n) is 16.0. The molecule has 0 radical (unpaired) electrons. The van der Waals surface area contributed by atoms with Crippen molar-refractivity contribution in [3.05, 3.63) is 58.6 Å². The van der Waals surface area contributed by atoms with E-state index in [0.717, 1.165) is 36.4 Å². The fourth-order valence-electron chi connectivity index (χ4n) is 4.04. The molecule has 1 saturated heterocycles. The van der Waals surface area contributed by atoms with Crippen LogP contribution < -0.4 is 14.8 Å². The molecule has 2 aliphatic heterocycles. The second kappa shape index (κ2) is 8.41. The lowest BCUT2D eigenvalue weighted by Gasteiger charge is -2.27. The molecule has 1 N–H and O–H groups in total. The Balaban J connectivity index is 1.41. The van der Waals surface area contributed by atoms with Crippen molar-refractivity contribution in [1.29, 1.82) is 0 Å². The number of hydrogen-bond acceptors (Lipinski definition) is 4. The van der Waals surface area contributed by atoms with Crippen LogP contribution in [-0.4, -0.2) is 37.1 Å². The van der Waals surface area contributed by atoms with Crippen molar-refractivity contribution in [3.63, 3.8) is 0 Å². The predicted molar refractivity (Wildman–Crippen MR) is 109 cm³/mol. The van der Waals surface area contributed by atoms with Crippen molar-refractivity contribution in [2.45, 2.75) is 31.8 Å². The lowest BCUT2D eigenvalue weighted by molar-refractivity contribution is -0.123. The van der Waals surface area contributed by atoms with Crippen LogP contribution in [-0.2, 0) is 4.79 Å². The number of amides is 1. The van der Waals surface area contributed by atoms with E-state index in [9.17, 15) is 4.79 Å². The minimum Gasteiger partial charge on any atom is -0.486 e. The van der Waals surface area contributed by atoms with Gasteiger partial charge in [0.2, 0.25) is 5.91 Å². The molecule has 6 heteroatoms. The zero-order valence-corrected chi connectivity index (χ0v) is 16.7. The van der Waals surface area contributed by atoms with Crippen LogP contribution in [0.4, 0.5) is 0 Å². The third-order valence-electron chi connectivity index (χ3n) is 5.41. The van der Waals surface area contributed by atoms with Gasteiger partial charge in [0.25, 0.3) is 0 Å². The van der Waals surface area contributed by atoms with E-state index in [-0.39, 0.29) is 18.0 Å². The van der Waals surface area contributed by atoms with Gasteiger partial charge in [-0.15, -0.1) is 0 Å². The number of carbonyl (C=O) groups is 1. The Bertz CT molecular complexity index is 857. The van der Waals surface area contributed by atoms with Gasteiger partial charge in [-0.25, -0.2) is 0 Å². The molecule has 0 spiro atoms. The number of rotatable bonds is 5. The average Bonchev–Trinajstić information content (AvgIpc) is 3.15. The van der Waals surface area contributed by atoms with Gasteiger partial charge in [0, 0.05) is 11.1 Å². The first kappa shape index (κ1) is 19.1. The van der Waals surface area contributed by atoms with Crippen molar-refractivity contribution in [2.75, 3.05) is 26.3 Å². The van der Waals surface area contributed by atoms with E-state index in [1.54, 1.807) is 0 Å². The standard InChI is InChI=1S/C22H25ClN2O3/c1-15(17-5-2-3-6-18(17)23)24-22(26)14-25-10-4-7-19(25)16-8-9-20-21(13-16)28-12-11-27-20/h2-3,5-6,8-9,13,15,19H,4,7,10-12,14H2,1H3,(H,24,26)/t15-,19+/m1/s1. The Kier molecular flexibility index (Phi) is 5.74. The highest BCUT2D eigenvalue weighted by Gasteiger charge is 2.29. The first-order valence-corrected chi connectivity index (χ1v) is 10.2. The minimum atomic E-state index is -0.128. The highest BCUT2D eigenvalue weighted by atomic mass is 35.5. The lowest BCUT2D eigenvalue weighted by Crippen LogP contribution is -2.38. The van der Waals surface area contributed by atoms with Crippen molar-refractivity contribution < 1.29 is 14.3 Å². The quantitative estimate of drug-likeness (QED) is 0.820. The maximum atomic E-state index is 12.7. The van der Waals surface area contributed by atoms with Crippen LogP contribution in [0.25, 0.3) is 0 Å². The SMILES string of the molecule is C[C@@H](NC(=O)CN1CCC[C@H]1c1ccc2c(c1)OCCO2)c1ccccc1Cl. The maximum Gasteiger partial charge on any atom is 0.234 e. The summed E-state index contributed by atoms with van der Waals surface area (Å²) < 4.78 is 11.3. The number of halogens is 1. The smallest absolute Gasteiger partial charge is 0.234 e. The summed E-state index contributed by atoms with van der Waals surface area (Å²) in [7, 11) is 0. The van der Waals surface area contributed by atoms with E-state index in [2.05, 4.69) is 22.3 Å². The molecule has 0 saturated carbocycles. The second-order valence-electron chi connectivity index (χ2n) is 7.34. The van der Waals surface area contributed by atoms with Gasteiger partial charge in [0.1, 0.15) is 13.2 Å². The van der Waals surface area contributed by atoms with Crippen molar-refractivity contribution in [2.24, 2.45) is 0 Å². The number of likely N-dealkylation sites (tertiary alicyclic amines) is 1. The summed E-state index contributed by atoms with van der Waals surface area (Å²) >= 11 is 6.25. The Morgan fingerprint density at radius 1 is 1.21 bits per heavy atom. The molecule has 28 heavy (non-hydrogen) atoms. The molecule has 2 aliphatic rings. The summed E-state index contributed by atoms with van der Waals surface area (Å²) in [6.45, 7) is 4.40. The molecule has 4 rings (SSSR count). The second-order valence-corrected chi connectivity index (χ2v) is 7.75. The molecular weight excluding hydrogens is 376 g/mol. The van der Waals surface area contributed by atoms with Gasteiger partial charge >= 0.3 is 0 Å². The molecule has 0 bridgehead atoms. The molecule has 2 aromatic carbocycles. The average molecular weight is 401 g/mol. The number of hydrogen-bond donors (Lipinski definition) is 1. The molecule has 2 heterocycles. The van der Waals surface area contributed by atoms with Crippen molar-refractivity contribution >= 4 is 17.5 Å². The zero-order chi connectivity index (χ0) is 19.5. The predicted octanol–water partition coefficient (Wildman–Crippen LogP) is 4.13. The van der Waals surface area contributed by atoms with Gasteiger partial charge < -0.3 is 14.8 Å². The number of nitrogens with one attached hydrogen (secondary N) is 1. The highest BCUT2D eigenvalue weighted by Crippen LogP contribution is 2.37. The van der Waals surface area contributed by atoms with Gasteiger partial charge in [-0.3, -0.25) is 9.69 Å². The summed E-state index contributed by atoms with van der Waals surface area (Å²) in [5, 5.41) is 3.75. The number of fused-ring (bicyclic) bond motifs is 1. The summed E-state index contributed by atoms with van der Waals surface area (Å²) in [5.41, 5.74) is 2.11. The number of carbonyl (C=O) groups excluding carboxylic acids is 1. The van der Waals surface area contributed by atoms with Crippen LogP contribution in [0.3, 0.4) is 0 Å². The maximum absolute atomic E-state index is 12.7. The van der Waals surface area contributed by atoms with E-state index >= 15 is 0 Å². The number of ether oxygens (including phenoxy) is 2. The van der Waals surface area contributed by atoms with Gasteiger partial charge in [0.05, 0.1) is 12.6 Å². The summed E-state index contributed by atoms with van der Waals surface area (Å²) in [5.74, 6) is 1.61. The fraction of sp³-hybridized carbons (Fsp3) is 0.409. The topological polar surface area (TPSA) is 50.8 Å². The van der Waals surface area contributed by atoms with Crippen LogP contribution in [0.15, 0.2) is 42.5 Å². The lowest BCUT2D eigenvalue weighted by atomic mass is 10.0. The van der Waals surface area contributed by atoms with Crippen LogP contribution >= 0.6 is 11.6 Å². The third kappa shape index (κ3) is 4.10. The largest absolute Gasteiger partial charge is 0.486 e. The highest BCUT2D eigenvalue weighted by molar-refractivity contribution is 6.31. The molecule has 5 nitrogen and oxygen atoms in total. The van der Waals surface area contributed by atoms with E-state index in [1.165, 1.54) is 5.56 Å². The van der Waals surface area contributed by atoms with Gasteiger partial charge in [-0.2, -0.15) is 0 Å². The van der Waals surface area contributed by atoms with Crippen molar-refractivity contribution in [3.8, 4) is 11.5 Å². The summed E-state index contributed by atoms with van der Waals surface area (Å²) in [4.78, 5) is 14.9. The van der Waals surface area contributed by atoms with Gasteiger partial charge in [-0.05, 0) is 55.6 Å².